The summed E-state index contributed by atoms with van der Waals surface area (Å²) in [6, 6.07) is 8.08. The number of nitrogens with one attached hydrogen (secondary N) is 2. The van der Waals surface area contributed by atoms with Crippen LogP contribution in [0.4, 0.5) is 0 Å². The molecule has 0 spiro atoms. The Balaban J connectivity index is 1.73. The number of hydrogen-bond acceptors (Lipinski definition) is 4. The van der Waals surface area contributed by atoms with Gasteiger partial charge in [0.2, 0.25) is 0 Å². The van der Waals surface area contributed by atoms with Gasteiger partial charge in [-0.15, -0.1) is 0 Å². The normalized spacial score (nSPS) is 18.8. The van der Waals surface area contributed by atoms with Crippen molar-refractivity contribution in [3.05, 3.63) is 29.8 Å². The minimum absolute atomic E-state index is 0.0840. The van der Waals surface area contributed by atoms with E-state index >= 15 is 0 Å². The molecule has 1 unspecified atom stereocenters. The van der Waals surface area contributed by atoms with Crippen LogP contribution >= 0.6 is 0 Å². The van der Waals surface area contributed by atoms with Crippen molar-refractivity contribution in [2.45, 2.75) is 32.3 Å². The number of rotatable bonds is 5. The quantitative estimate of drug-likeness (QED) is 0.809. The SMILES string of the molecule is CC(C)(C)c1cccc(OCCNC(=O)C2CNCCO2)c1. The third kappa shape index (κ3) is 5.00. The van der Waals surface area contributed by atoms with E-state index in [2.05, 4.69) is 43.5 Å². The maximum atomic E-state index is 11.9. The lowest BCUT2D eigenvalue weighted by atomic mass is 9.87. The standard InChI is InChI=1S/C17H26N2O3/c1-17(2,3)13-5-4-6-14(11-13)21-10-8-19-16(20)15-12-18-7-9-22-15/h4-6,11,15,18H,7-10,12H2,1-3H3,(H,19,20). The van der Waals surface area contributed by atoms with Gasteiger partial charge >= 0.3 is 0 Å². The Bertz CT molecular complexity index is 491. The van der Waals surface area contributed by atoms with Crippen molar-refractivity contribution >= 4 is 5.91 Å². The van der Waals surface area contributed by atoms with Crippen LogP contribution in [-0.2, 0) is 14.9 Å². The topological polar surface area (TPSA) is 59.6 Å². The molecule has 0 saturated carbocycles. The lowest BCUT2D eigenvalue weighted by molar-refractivity contribution is -0.134. The van der Waals surface area contributed by atoms with Crippen molar-refractivity contribution in [2.75, 3.05) is 32.8 Å². The van der Waals surface area contributed by atoms with Crippen LogP contribution in [-0.4, -0.2) is 44.9 Å². The van der Waals surface area contributed by atoms with E-state index in [4.69, 9.17) is 9.47 Å². The second-order valence-electron chi connectivity index (χ2n) is 6.48. The fraction of sp³-hybridized carbons (Fsp3) is 0.588. The first-order chi connectivity index (χ1) is 10.5. The summed E-state index contributed by atoms with van der Waals surface area (Å²) in [6.45, 7) is 9.38. The first-order valence-electron chi connectivity index (χ1n) is 7.80. The Labute approximate surface area is 132 Å². The summed E-state index contributed by atoms with van der Waals surface area (Å²) in [6.07, 6.45) is -0.391. The van der Waals surface area contributed by atoms with Gasteiger partial charge in [0.1, 0.15) is 18.5 Å². The Morgan fingerprint density at radius 2 is 2.27 bits per heavy atom. The van der Waals surface area contributed by atoms with E-state index in [1.165, 1.54) is 5.56 Å². The van der Waals surface area contributed by atoms with Crippen LogP contribution in [0, 0.1) is 0 Å². The lowest BCUT2D eigenvalue weighted by Gasteiger charge is -2.22. The van der Waals surface area contributed by atoms with Crippen LogP contribution in [0.2, 0.25) is 0 Å². The lowest BCUT2D eigenvalue weighted by Crippen LogP contribution is -2.48. The van der Waals surface area contributed by atoms with Gasteiger partial charge in [0, 0.05) is 13.1 Å². The molecular formula is C17H26N2O3. The highest BCUT2D eigenvalue weighted by Crippen LogP contribution is 2.25. The highest BCUT2D eigenvalue weighted by atomic mass is 16.5. The Morgan fingerprint density at radius 3 is 2.95 bits per heavy atom. The Hall–Kier alpha value is -1.59. The number of hydrogen-bond donors (Lipinski definition) is 2. The molecule has 1 saturated heterocycles. The van der Waals surface area contributed by atoms with Gasteiger partial charge in [-0.05, 0) is 23.1 Å². The number of carbonyl (C=O) groups is 1. The first kappa shape index (κ1) is 16.8. The molecule has 0 radical (unpaired) electrons. The Kier molecular flexibility index (Phi) is 5.80. The first-order valence-corrected chi connectivity index (χ1v) is 7.80. The van der Waals surface area contributed by atoms with Gasteiger partial charge in [-0.1, -0.05) is 32.9 Å². The average molecular weight is 306 g/mol. The molecule has 1 fully saturated rings. The monoisotopic (exact) mass is 306 g/mol. The molecule has 1 aliphatic rings. The number of benzene rings is 1. The van der Waals surface area contributed by atoms with Gasteiger partial charge in [0.05, 0.1) is 13.2 Å². The number of carbonyl (C=O) groups excluding carboxylic acids is 1. The highest BCUT2D eigenvalue weighted by Gasteiger charge is 2.21. The van der Waals surface area contributed by atoms with E-state index < -0.39 is 6.10 Å². The zero-order chi connectivity index (χ0) is 16.0. The Morgan fingerprint density at radius 1 is 1.45 bits per heavy atom. The van der Waals surface area contributed by atoms with Crippen LogP contribution in [0.25, 0.3) is 0 Å². The number of morpholine rings is 1. The molecular weight excluding hydrogens is 280 g/mol. The number of amides is 1. The van der Waals surface area contributed by atoms with Crippen molar-refractivity contribution in [3.63, 3.8) is 0 Å². The minimum Gasteiger partial charge on any atom is -0.492 e. The summed E-state index contributed by atoms with van der Waals surface area (Å²) in [7, 11) is 0. The van der Waals surface area contributed by atoms with Crippen molar-refractivity contribution in [2.24, 2.45) is 0 Å². The summed E-state index contributed by atoms with van der Waals surface area (Å²) >= 11 is 0. The van der Waals surface area contributed by atoms with E-state index in [1.54, 1.807) is 0 Å². The van der Waals surface area contributed by atoms with Crippen LogP contribution < -0.4 is 15.4 Å². The molecule has 2 rings (SSSR count). The second kappa shape index (κ2) is 7.61. The van der Waals surface area contributed by atoms with Crippen LogP contribution in [0.5, 0.6) is 5.75 Å². The zero-order valence-corrected chi connectivity index (χ0v) is 13.6. The van der Waals surface area contributed by atoms with E-state index in [1.807, 2.05) is 12.1 Å². The molecule has 122 valence electrons. The molecule has 1 amide bonds. The minimum atomic E-state index is -0.391. The van der Waals surface area contributed by atoms with Crippen LogP contribution in [0.1, 0.15) is 26.3 Å². The fourth-order valence-corrected chi connectivity index (χ4v) is 2.24. The molecule has 0 aromatic heterocycles. The van der Waals surface area contributed by atoms with Gasteiger partial charge in [-0.2, -0.15) is 0 Å². The predicted molar refractivity (Wildman–Crippen MR) is 86.3 cm³/mol. The van der Waals surface area contributed by atoms with Crippen molar-refractivity contribution in [1.29, 1.82) is 0 Å². The predicted octanol–water partition coefficient (Wildman–Crippen LogP) is 1.47. The molecule has 1 heterocycles. The summed E-state index contributed by atoms with van der Waals surface area (Å²) < 4.78 is 11.1. The molecule has 1 atom stereocenters. The van der Waals surface area contributed by atoms with Gasteiger partial charge in [0.15, 0.2) is 0 Å². The van der Waals surface area contributed by atoms with Crippen molar-refractivity contribution < 1.29 is 14.3 Å². The van der Waals surface area contributed by atoms with E-state index in [0.29, 0.717) is 26.3 Å². The molecule has 1 aromatic rings. The van der Waals surface area contributed by atoms with Crippen molar-refractivity contribution in [3.8, 4) is 5.75 Å². The largest absolute Gasteiger partial charge is 0.492 e. The summed E-state index contributed by atoms with van der Waals surface area (Å²) in [5.74, 6) is 0.747. The smallest absolute Gasteiger partial charge is 0.250 e. The molecule has 22 heavy (non-hydrogen) atoms. The molecule has 2 N–H and O–H groups in total. The van der Waals surface area contributed by atoms with Gasteiger partial charge < -0.3 is 20.1 Å². The molecule has 0 bridgehead atoms. The highest BCUT2D eigenvalue weighted by molar-refractivity contribution is 5.81. The summed E-state index contributed by atoms with van der Waals surface area (Å²) in [4.78, 5) is 11.9. The zero-order valence-electron chi connectivity index (χ0n) is 13.6. The van der Waals surface area contributed by atoms with Gasteiger partial charge in [-0.3, -0.25) is 4.79 Å². The molecule has 5 heteroatoms. The van der Waals surface area contributed by atoms with E-state index in [0.717, 1.165) is 12.3 Å². The average Bonchev–Trinajstić information content (AvgIpc) is 2.52. The van der Waals surface area contributed by atoms with Gasteiger partial charge in [0.25, 0.3) is 5.91 Å². The van der Waals surface area contributed by atoms with Gasteiger partial charge in [-0.25, -0.2) is 0 Å². The third-order valence-electron chi connectivity index (χ3n) is 3.59. The summed E-state index contributed by atoms with van der Waals surface area (Å²) in [5, 5.41) is 5.97. The summed E-state index contributed by atoms with van der Waals surface area (Å²) in [5.41, 5.74) is 1.33. The van der Waals surface area contributed by atoms with E-state index in [9.17, 15) is 4.79 Å². The molecule has 1 aromatic carbocycles. The van der Waals surface area contributed by atoms with Crippen LogP contribution in [0.15, 0.2) is 24.3 Å². The molecule has 5 nitrogen and oxygen atoms in total. The maximum Gasteiger partial charge on any atom is 0.250 e. The molecule has 0 aliphatic carbocycles. The number of ether oxygens (including phenoxy) is 2. The van der Waals surface area contributed by atoms with E-state index in [-0.39, 0.29) is 11.3 Å². The van der Waals surface area contributed by atoms with Crippen LogP contribution in [0.3, 0.4) is 0 Å². The third-order valence-corrected chi connectivity index (χ3v) is 3.59. The maximum absolute atomic E-state index is 11.9. The second-order valence-corrected chi connectivity index (χ2v) is 6.48. The fourth-order valence-electron chi connectivity index (χ4n) is 2.24. The molecule has 1 aliphatic heterocycles. The van der Waals surface area contributed by atoms with Crippen molar-refractivity contribution in [1.82, 2.24) is 10.6 Å².